The van der Waals surface area contributed by atoms with Crippen molar-refractivity contribution in [3.05, 3.63) is 65.7 Å². The monoisotopic (exact) mass is 377 g/mol. The van der Waals surface area contributed by atoms with E-state index in [9.17, 15) is 4.79 Å². The van der Waals surface area contributed by atoms with Crippen LogP contribution in [0.25, 0.3) is 0 Å². The van der Waals surface area contributed by atoms with Crippen LogP contribution < -0.4 is 10.2 Å². The quantitative estimate of drug-likeness (QED) is 0.751. The zero-order valence-electron chi connectivity index (χ0n) is 16.1. The topological polar surface area (TPSA) is 74.5 Å². The minimum Gasteiger partial charge on any atom is -0.472 e. The molecule has 0 atom stereocenters. The van der Waals surface area contributed by atoms with Gasteiger partial charge in [-0.1, -0.05) is 17.7 Å². The van der Waals surface area contributed by atoms with E-state index in [1.807, 2.05) is 30.0 Å². The van der Waals surface area contributed by atoms with Crippen molar-refractivity contribution in [2.24, 2.45) is 0 Å². The summed E-state index contributed by atoms with van der Waals surface area (Å²) in [4.78, 5) is 25.7. The van der Waals surface area contributed by atoms with Crippen molar-refractivity contribution in [3.8, 4) is 0 Å². The Morgan fingerprint density at radius 2 is 1.79 bits per heavy atom. The predicted molar refractivity (Wildman–Crippen MR) is 108 cm³/mol. The summed E-state index contributed by atoms with van der Waals surface area (Å²) in [5, 5.41) is 3.27. The van der Waals surface area contributed by atoms with E-state index in [1.165, 1.54) is 18.1 Å². The fourth-order valence-corrected chi connectivity index (χ4v) is 3.24. The molecule has 1 amide bonds. The second kappa shape index (κ2) is 7.72. The van der Waals surface area contributed by atoms with Crippen molar-refractivity contribution in [3.63, 3.8) is 0 Å². The molecule has 4 rings (SSSR count). The molecule has 144 valence electrons. The standard InChI is InChI=1S/C21H23N5O2/c1-15-3-5-18(6-4-15)23-21-22-16(2)13-19(24-21)25-8-10-26(11-9-25)20(27)17-7-12-28-14-17/h3-7,12-14H,8-11H2,1-2H3,(H,22,23,24). The van der Waals surface area contributed by atoms with Crippen LogP contribution in [0.15, 0.2) is 53.3 Å². The third-order valence-electron chi connectivity index (χ3n) is 4.81. The lowest BCUT2D eigenvalue weighted by atomic mass is 10.2. The SMILES string of the molecule is Cc1ccc(Nc2nc(C)cc(N3CCN(C(=O)c4ccoc4)CC3)n2)cc1. The summed E-state index contributed by atoms with van der Waals surface area (Å²) in [6, 6.07) is 11.8. The first-order chi connectivity index (χ1) is 13.6. The normalized spacial score (nSPS) is 14.2. The molecular weight excluding hydrogens is 354 g/mol. The molecule has 1 saturated heterocycles. The second-order valence-corrected chi connectivity index (χ2v) is 6.97. The highest BCUT2D eigenvalue weighted by Gasteiger charge is 2.24. The highest BCUT2D eigenvalue weighted by Crippen LogP contribution is 2.20. The number of aryl methyl sites for hydroxylation is 2. The van der Waals surface area contributed by atoms with Gasteiger partial charge in [-0.3, -0.25) is 4.79 Å². The van der Waals surface area contributed by atoms with E-state index in [0.717, 1.165) is 30.3 Å². The number of hydrogen-bond acceptors (Lipinski definition) is 6. The smallest absolute Gasteiger partial charge is 0.257 e. The van der Waals surface area contributed by atoms with E-state index in [0.29, 0.717) is 24.6 Å². The summed E-state index contributed by atoms with van der Waals surface area (Å²) in [6.07, 6.45) is 3.02. The molecule has 7 heteroatoms. The molecular formula is C21H23N5O2. The average molecular weight is 377 g/mol. The fraction of sp³-hybridized carbons (Fsp3) is 0.286. The molecule has 1 fully saturated rings. The van der Waals surface area contributed by atoms with E-state index in [2.05, 4.69) is 39.2 Å². The Morgan fingerprint density at radius 3 is 2.46 bits per heavy atom. The zero-order chi connectivity index (χ0) is 19.5. The number of anilines is 3. The Balaban J connectivity index is 1.44. The Labute approximate surface area is 164 Å². The molecule has 0 unspecified atom stereocenters. The van der Waals surface area contributed by atoms with Gasteiger partial charge in [0.25, 0.3) is 5.91 Å². The second-order valence-electron chi connectivity index (χ2n) is 6.97. The van der Waals surface area contributed by atoms with Gasteiger partial charge in [0.15, 0.2) is 0 Å². The Kier molecular flexibility index (Phi) is 4.97. The van der Waals surface area contributed by atoms with Crippen LogP contribution in [0.4, 0.5) is 17.5 Å². The molecule has 0 aliphatic carbocycles. The third-order valence-corrected chi connectivity index (χ3v) is 4.81. The molecule has 1 aliphatic heterocycles. The number of nitrogens with one attached hydrogen (secondary N) is 1. The molecule has 0 bridgehead atoms. The first-order valence-electron chi connectivity index (χ1n) is 9.34. The average Bonchev–Trinajstić information content (AvgIpc) is 3.24. The van der Waals surface area contributed by atoms with Crippen molar-refractivity contribution in [1.82, 2.24) is 14.9 Å². The number of piperazine rings is 1. The van der Waals surface area contributed by atoms with Gasteiger partial charge in [0.1, 0.15) is 12.1 Å². The van der Waals surface area contributed by atoms with Gasteiger partial charge in [-0.05, 0) is 32.0 Å². The molecule has 0 spiro atoms. The molecule has 28 heavy (non-hydrogen) atoms. The number of benzene rings is 1. The molecule has 1 N–H and O–H groups in total. The molecule has 2 aromatic heterocycles. The lowest BCUT2D eigenvalue weighted by Crippen LogP contribution is -2.49. The summed E-state index contributed by atoms with van der Waals surface area (Å²) >= 11 is 0. The van der Waals surface area contributed by atoms with Crippen molar-refractivity contribution < 1.29 is 9.21 Å². The Bertz CT molecular complexity index is 945. The molecule has 1 aliphatic rings. The van der Waals surface area contributed by atoms with E-state index >= 15 is 0 Å². The van der Waals surface area contributed by atoms with Gasteiger partial charge in [-0.15, -0.1) is 0 Å². The number of rotatable bonds is 4. The number of amides is 1. The summed E-state index contributed by atoms with van der Waals surface area (Å²) < 4.78 is 5.02. The van der Waals surface area contributed by atoms with Crippen molar-refractivity contribution in [2.75, 3.05) is 36.4 Å². The predicted octanol–water partition coefficient (Wildman–Crippen LogP) is 3.39. The molecule has 3 aromatic rings. The van der Waals surface area contributed by atoms with Gasteiger partial charge in [0.2, 0.25) is 5.95 Å². The summed E-state index contributed by atoms with van der Waals surface area (Å²) in [5.41, 5.74) is 3.66. The highest BCUT2D eigenvalue weighted by molar-refractivity contribution is 5.94. The number of nitrogens with zero attached hydrogens (tertiary/aromatic N) is 4. The first kappa shape index (κ1) is 18.0. The molecule has 1 aromatic carbocycles. The molecule has 0 radical (unpaired) electrons. The van der Waals surface area contributed by atoms with E-state index in [4.69, 9.17) is 4.42 Å². The minimum atomic E-state index is 0.00833. The van der Waals surface area contributed by atoms with Gasteiger partial charge in [-0.25, -0.2) is 4.98 Å². The van der Waals surface area contributed by atoms with Crippen LogP contribution in [-0.4, -0.2) is 47.0 Å². The van der Waals surface area contributed by atoms with Gasteiger partial charge < -0.3 is 19.5 Å². The summed E-state index contributed by atoms with van der Waals surface area (Å²) in [6.45, 7) is 6.77. The molecule has 3 heterocycles. The summed E-state index contributed by atoms with van der Waals surface area (Å²) in [7, 11) is 0. The maximum absolute atomic E-state index is 12.5. The van der Waals surface area contributed by atoms with Gasteiger partial charge in [0, 0.05) is 43.6 Å². The van der Waals surface area contributed by atoms with Gasteiger partial charge >= 0.3 is 0 Å². The van der Waals surface area contributed by atoms with Gasteiger partial charge in [0.05, 0.1) is 11.8 Å². The number of carbonyl (C=O) groups excluding carboxylic acids is 1. The Morgan fingerprint density at radius 1 is 1.04 bits per heavy atom. The van der Waals surface area contributed by atoms with Crippen molar-refractivity contribution in [1.29, 1.82) is 0 Å². The third kappa shape index (κ3) is 3.98. The van der Waals surface area contributed by atoms with Crippen LogP contribution in [0.2, 0.25) is 0 Å². The van der Waals surface area contributed by atoms with Crippen LogP contribution >= 0.6 is 0 Å². The largest absolute Gasteiger partial charge is 0.472 e. The van der Waals surface area contributed by atoms with Crippen molar-refractivity contribution >= 4 is 23.4 Å². The van der Waals surface area contributed by atoms with Crippen molar-refractivity contribution in [2.45, 2.75) is 13.8 Å². The highest BCUT2D eigenvalue weighted by atomic mass is 16.3. The summed E-state index contributed by atoms with van der Waals surface area (Å²) in [5.74, 6) is 1.46. The zero-order valence-corrected chi connectivity index (χ0v) is 16.1. The molecule has 0 saturated carbocycles. The number of carbonyl (C=O) groups is 1. The maximum atomic E-state index is 12.5. The molecule has 7 nitrogen and oxygen atoms in total. The fourth-order valence-electron chi connectivity index (χ4n) is 3.24. The van der Waals surface area contributed by atoms with Gasteiger partial charge in [-0.2, -0.15) is 4.98 Å². The Hall–Kier alpha value is -3.35. The lowest BCUT2D eigenvalue weighted by molar-refractivity contribution is 0.0746. The first-order valence-corrected chi connectivity index (χ1v) is 9.34. The minimum absolute atomic E-state index is 0.00833. The van der Waals surface area contributed by atoms with Crippen LogP contribution in [-0.2, 0) is 0 Å². The number of hydrogen-bond donors (Lipinski definition) is 1. The van der Waals surface area contributed by atoms with E-state index in [1.54, 1.807) is 6.07 Å². The van der Waals surface area contributed by atoms with E-state index in [-0.39, 0.29) is 5.91 Å². The lowest BCUT2D eigenvalue weighted by Gasteiger charge is -2.35. The van der Waals surface area contributed by atoms with Crippen LogP contribution in [0, 0.1) is 13.8 Å². The maximum Gasteiger partial charge on any atom is 0.257 e. The van der Waals surface area contributed by atoms with Crippen LogP contribution in [0.1, 0.15) is 21.6 Å². The van der Waals surface area contributed by atoms with E-state index < -0.39 is 0 Å². The van der Waals surface area contributed by atoms with Crippen LogP contribution in [0.3, 0.4) is 0 Å². The number of aromatic nitrogens is 2. The van der Waals surface area contributed by atoms with Crippen LogP contribution in [0.5, 0.6) is 0 Å². The number of furan rings is 1.